The number of nitro benzene ring substituents is 1. The number of hydrogen-bond donors (Lipinski definition) is 2. The summed E-state index contributed by atoms with van der Waals surface area (Å²) in [5, 5.41) is 20.1. The number of ether oxygens (including phenoxy) is 1. The third kappa shape index (κ3) is 2.62. The van der Waals surface area contributed by atoms with Crippen LogP contribution in [-0.4, -0.2) is 23.3 Å². The molecule has 0 aliphatic heterocycles. The first kappa shape index (κ1) is 14.0. The third-order valence-electron chi connectivity index (χ3n) is 2.21. The number of rotatable bonds is 3. The monoisotopic (exact) mass is 266 g/mol. The Morgan fingerprint density at radius 2 is 2.06 bits per heavy atom. The maximum Gasteiger partial charge on any atom is 0.407 e. The summed E-state index contributed by atoms with van der Waals surface area (Å²) in [5.41, 5.74) is 3.44. The first-order valence-electron chi connectivity index (χ1n) is 4.56. The molecule has 0 saturated heterocycles. The molecule has 0 fully saturated rings. The van der Waals surface area contributed by atoms with Crippen LogP contribution in [-0.2, 0) is 0 Å². The molecule has 9 heteroatoms. The van der Waals surface area contributed by atoms with Crippen LogP contribution in [0.1, 0.15) is 11.6 Å². The van der Waals surface area contributed by atoms with Gasteiger partial charge in [0.2, 0.25) is 0 Å². The SMILES string of the molecule is COc1cc([N+](=O)[O-])cc([C@H](N)C(F)(F)F)c1O. The second kappa shape index (κ2) is 4.69. The Labute approximate surface area is 98.9 Å². The van der Waals surface area contributed by atoms with Gasteiger partial charge in [-0.2, -0.15) is 13.2 Å². The number of halogens is 3. The Kier molecular flexibility index (Phi) is 3.65. The van der Waals surface area contributed by atoms with Gasteiger partial charge in [0.15, 0.2) is 11.5 Å². The Hall–Kier alpha value is -2.03. The van der Waals surface area contributed by atoms with E-state index in [0.29, 0.717) is 6.07 Å². The smallest absolute Gasteiger partial charge is 0.407 e. The van der Waals surface area contributed by atoms with Crippen LogP contribution in [0, 0.1) is 10.1 Å². The van der Waals surface area contributed by atoms with Gasteiger partial charge in [0.25, 0.3) is 5.69 Å². The number of nitrogens with two attached hydrogens (primary N) is 1. The van der Waals surface area contributed by atoms with E-state index in [1.165, 1.54) is 0 Å². The minimum Gasteiger partial charge on any atom is -0.504 e. The molecule has 0 spiro atoms. The van der Waals surface area contributed by atoms with E-state index in [2.05, 4.69) is 4.74 Å². The summed E-state index contributed by atoms with van der Waals surface area (Å²) in [5.74, 6) is -1.31. The Balaban J connectivity index is 3.42. The van der Waals surface area contributed by atoms with E-state index in [4.69, 9.17) is 5.73 Å². The molecular formula is C9H9F3N2O4. The van der Waals surface area contributed by atoms with Crippen LogP contribution in [0.3, 0.4) is 0 Å². The van der Waals surface area contributed by atoms with Crippen LogP contribution >= 0.6 is 0 Å². The van der Waals surface area contributed by atoms with Crippen molar-refractivity contribution < 1.29 is 27.9 Å². The normalized spacial score (nSPS) is 13.2. The summed E-state index contributed by atoms with van der Waals surface area (Å²) in [4.78, 5) is 9.64. The van der Waals surface area contributed by atoms with Gasteiger partial charge in [-0.05, 0) is 0 Å². The fourth-order valence-corrected chi connectivity index (χ4v) is 1.29. The van der Waals surface area contributed by atoms with E-state index in [0.717, 1.165) is 13.2 Å². The van der Waals surface area contributed by atoms with Crippen LogP contribution < -0.4 is 10.5 Å². The molecule has 1 rings (SSSR count). The zero-order valence-electron chi connectivity index (χ0n) is 9.06. The number of alkyl halides is 3. The molecule has 1 aromatic carbocycles. The van der Waals surface area contributed by atoms with E-state index in [9.17, 15) is 28.4 Å². The largest absolute Gasteiger partial charge is 0.504 e. The molecular weight excluding hydrogens is 257 g/mol. The molecule has 1 aromatic rings. The lowest BCUT2D eigenvalue weighted by molar-refractivity contribution is -0.385. The second-order valence-electron chi connectivity index (χ2n) is 3.36. The highest BCUT2D eigenvalue weighted by atomic mass is 19.4. The summed E-state index contributed by atoms with van der Waals surface area (Å²) in [6.07, 6.45) is -4.84. The summed E-state index contributed by atoms with van der Waals surface area (Å²) >= 11 is 0. The van der Waals surface area contributed by atoms with E-state index in [1.807, 2.05) is 0 Å². The number of hydrogen-bond acceptors (Lipinski definition) is 5. The van der Waals surface area contributed by atoms with Gasteiger partial charge in [-0.1, -0.05) is 0 Å². The lowest BCUT2D eigenvalue weighted by Crippen LogP contribution is -2.28. The molecule has 6 nitrogen and oxygen atoms in total. The molecule has 0 heterocycles. The average Bonchev–Trinajstić information content (AvgIpc) is 2.26. The molecule has 100 valence electrons. The fourth-order valence-electron chi connectivity index (χ4n) is 1.29. The lowest BCUT2D eigenvalue weighted by atomic mass is 10.0. The predicted octanol–water partition coefficient (Wildman–Crippen LogP) is 1.87. The maximum absolute atomic E-state index is 12.4. The number of phenolic OH excluding ortho intramolecular Hbond substituents is 1. The number of phenols is 1. The highest BCUT2D eigenvalue weighted by molar-refractivity contribution is 5.54. The van der Waals surface area contributed by atoms with Crippen molar-refractivity contribution in [2.24, 2.45) is 5.73 Å². The summed E-state index contributed by atoms with van der Waals surface area (Å²) in [6, 6.07) is -1.16. The highest BCUT2D eigenvalue weighted by Crippen LogP contribution is 2.41. The van der Waals surface area contributed by atoms with Crippen molar-refractivity contribution in [1.29, 1.82) is 0 Å². The summed E-state index contributed by atoms with van der Waals surface area (Å²) < 4.78 is 41.9. The molecule has 1 atom stereocenters. The maximum atomic E-state index is 12.4. The summed E-state index contributed by atoms with van der Waals surface area (Å²) in [7, 11) is 1.06. The molecule has 0 amide bonds. The molecule has 0 aliphatic rings. The van der Waals surface area contributed by atoms with Crippen LogP contribution in [0.15, 0.2) is 12.1 Å². The van der Waals surface area contributed by atoms with Gasteiger partial charge in [0.05, 0.1) is 18.1 Å². The van der Waals surface area contributed by atoms with Crippen molar-refractivity contribution in [2.75, 3.05) is 7.11 Å². The topological polar surface area (TPSA) is 98.6 Å². The van der Waals surface area contributed by atoms with E-state index >= 15 is 0 Å². The third-order valence-corrected chi connectivity index (χ3v) is 2.21. The quantitative estimate of drug-likeness (QED) is 0.642. The fraction of sp³-hybridized carbons (Fsp3) is 0.333. The Morgan fingerprint density at radius 3 is 2.44 bits per heavy atom. The molecule has 18 heavy (non-hydrogen) atoms. The minimum atomic E-state index is -4.84. The minimum absolute atomic E-state index is 0.445. The van der Waals surface area contributed by atoms with Crippen LogP contribution in [0.2, 0.25) is 0 Å². The number of benzene rings is 1. The first-order valence-corrected chi connectivity index (χ1v) is 4.56. The van der Waals surface area contributed by atoms with Gasteiger partial charge >= 0.3 is 6.18 Å². The average molecular weight is 266 g/mol. The number of nitro groups is 1. The molecule has 0 radical (unpaired) electrons. The highest BCUT2D eigenvalue weighted by Gasteiger charge is 2.40. The number of aromatic hydroxyl groups is 1. The van der Waals surface area contributed by atoms with Crippen molar-refractivity contribution in [3.63, 3.8) is 0 Å². The summed E-state index contributed by atoms with van der Waals surface area (Å²) in [6.45, 7) is 0. The molecule has 0 aliphatic carbocycles. The number of non-ortho nitro benzene ring substituents is 1. The van der Waals surface area contributed by atoms with E-state index in [1.54, 1.807) is 0 Å². The van der Waals surface area contributed by atoms with Crippen molar-refractivity contribution in [3.8, 4) is 11.5 Å². The van der Waals surface area contributed by atoms with Crippen LogP contribution in [0.4, 0.5) is 18.9 Å². The van der Waals surface area contributed by atoms with Gasteiger partial charge in [-0.3, -0.25) is 10.1 Å². The van der Waals surface area contributed by atoms with Crippen molar-refractivity contribution >= 4 is 5.69 Å². The van der Waals surface area contributed by atoms with Gasteiger partial charge in [0.1, 0.15) is 6.04 Å². The van der Waals surface area contributed by atoms with Gasteiger partial charge < -0.3 is 15.6 Å². The van der Waals surface area contributed by atoms with Crippen molar-refractivity contribution in [1.82, 2.24) is 0 Å². The van der Waals surface area contributed by atoms with Gasteiger partial charge in [-0.15, -0.1) is 0 Å². The second-order valence-corrected chi connectivity index (χ2v) is 3.36. The zero-order valence-corrected chi connectivity index (χ0v) is 9.06. The van der Waals surface area contributed by atoms with Gasteiger partial charge in [-0.25, -0.2) is 0 Å². The molecule has 0 saturated carbocycles. The number of methoxy groups -OCH3 is 1. The molecule has 0 bridgehead atoms. The Bertz CT molecular complexity index is 476. The van der Waals surface area contributed by atoms with Gasteiger partial charge in [0, 0.05) is 11.6 Å². The van der Waals surface area contributed by atoms with Crippen molar-refractivity contribution in [3.05, 3.63) is 27.8 Å². The molecule has 0 unspecified atom stereocenters. The van der Waals surface area contributed by atoms with Crippen molar-refractivity contribution in [2.45, 2.75) is 12.2 Å². The molecule has 3 N–H and O–H groups in total. The van der Waals surface area contributed by atoms with Crippen LogP contribution in [0.5, 0.6) is 11.5 Å². The van der Waals surface area contributed by atoms with Crippen LogP contribution in [0.25, 0.3) is 0 Å². The molecule has 0 aromatic heterocycles. The van der Waals surface area contributed by atoms with E-state index < -0.39 is 39.9 Å². The lowest BCUT2D eigenvalue weighted by Gasteiger charge is -2.18. The Morgan fingerprint density at radius 1 is 1.50 bits per heavy atom. The first-order chi connectivity index (χ1) is 8.18. The zero-order chi connectivity index (χ0) is 14.1. The standard InChI is InChI=1S/C9H9F3N2O4/c1-18-6-3-4(14(16)17)2-5(7(6)15)8(13)9(10,11)12/h2-3,8,15H,13H2,1H3/t8-/m0/s1. The number of nitrogens with zero attached hydrogens (tertiary/aromatic N) is 1. The predicted molar refractivity (Wildman–Crippen MR) is 54.3 cm³/mol. The van der Waals surface area contributed by atoms with E-state index in [-0.39, 0.29) is 0 Å².